The fourth-order valence-electron chi connectivity index (χ4n) is 3.98. The molecule has 0 aliphatic heterocycles. The minimum atomic E-state index is -4.79. The van der Waals surface area contributed by atoms with Crippen LogP contribution in [0.2, 0.25) is 0 Å². The van der Waals surface area contributed by atoms with Gasteiger partial charge >= 0.3 is 6.18 Å². The van der Waals surface area contributed by atoms with Crippen molar-refractivity contribution in [2.45, 2.75) is 19.6 Å². The molecule has 0 bridgehead atoms. The average Bonchev–Trinajstić information content (AvgIpc) is 3.41. The fraction of sp³-hybridized carbons (Fsp3) is 0.174. The van der Waals surface area contributed by atoms with Crippen molar-refractivity contribution in [3.63, 3.8) is 0 Å². The number of aromatic nitrogens is 4. The number of hydrogen-bond acceptors (Lipinski definition) is 6. The Hall–Kier alpha value is -4.12. The lowest BCUT2D eigenvalue weighted by atomic mass is 10.1. The van der Waals surface area contributed by atoms with Crippen molar-refractivity contribution >= 4 is 16.7 Å². The number of nitrogens with two attached hydrogens (primary N) is 1. The largest absolute Gasteiger partial charge is 0.494 e. The van der Waals surface area contributed by atoms with E-state index in [0.717, 1.165) is 0 Å². The third-order valence-corrected chi connectivity index (χ3v) is 5.55. The molecular formula is C23H18F3N5O3. The summed E-state index contributed by atoms with van der Waals surface area (Å²) in [5, 5.41) is 3.64. The summed E-state index contributed by atoms with van der Waals surface area (Å²) in [6, 6.07) is 11.3. The number of oxazole rings is 1. The fourth-order valence-corrected chi connectivity index (χ4v) is 3.98. The number of rotatable bonds is 4. The van der Waals surface area contributed by atoms with Gasteiger partial charge in [0.15, 0.2) is 16.8 Å². The number of aromatic amines is 1. The smallest absolute Gasteiger partial charge is 0.435 e. The number of aryl methyl sites for hydroxylation is 1. The number of halogens is 3. The minimum absolute atomic E-state index is 0.0513. The first-order valence-corrected chi connectivity index (χ1v) is 10.2. The second-order valence-electron chi connectivity index (χ2n) is 7.61. The first-order valence-electron chi connectivity index (χ1n) is 10.2. The van der Waals surface area contributed by atoms with Crippen molar-refractivity contribution in [2.75, 3.05) is 7.11 Å². The van der Waals surface area contributed by atoms with E-state index in [9.17, 15) is 18.0 Å². The number of ether oxygens (including phenoxy) is 1. The van der Waals surface area contributed by atoms with Crippen LogP contribution in [0.5, 0.6) is 5.75 Å². The number of H-pyrrole nitrogens is 1. The maximum absolute atomic E-state index is 13.9. The summed E-state index contributed by atoms with van der Waals surface area (Å²) in [5.74, 6) is 0.322. The zero-order valence-corrected chi connectivity index (χ0v) is 18.0. The van der Waals surface area contributed by atoms with Crippen molar-refractivity contribution in [3.8, 4) is 28.3 Å². The van der Waals surface area contributed by atoms with Gasteiger partial charge in [-0.05, 0) is 18.6 Å². The second-order valence-corrected chi connectivity index (χ2v) is 7.61. The number of hydrogen-bond donors (Lipinski definition) is 2. The van der Waals surface area contributed by atoms with E-state index in [0.29, 0.717) is 26.9 Å². The number of nitrogens with zero attached hydrogens (tertiary/aromatic N) is 3. The topological polar surface area (TPSA) is 111 Å². The predicted molar refractivity (Wildman–Crippen MR) is 118 cm³/mol. The highest BCUT2D eigenvalue weighted by molar-refractivity contribution is 5.86. The molecule has 0 atom stereocenters. The molecule has 34 heavy (non-hydrogen) atoms. The molecule has 0 spiro atoms. The molecule has 3 aromatic heterocycles. The van der Waals surface area contributed by atoms with Crippen LogP contribution in [0, 0.1) is 6.92 Å². The Morgan fingerprint density at radius 3 is 2.53 bits per heavy atom. The number of alkyl halides is 3. The number of fused-ring (bicyclic) bond motifs is 2. The van der Waals surface area contributed by atoms with Crippen LogP contribution < -0.4 is 16.0 Å². The Kier molecular flexibility index (Phi) is 4.94. The van der Waals surface area contributed by atoms with Gasteiger partial charge in [0.25, 0.3) is 5.56 Å². The molecule has 11 heteroatoms. The Balaban J connectivity index is 1.83. The molecule has 0 unspecified atom stereocenters. The molecule has 0 amide bonds. The molecular weight excluding hydrogens is 451 g/mol. The van der Waals surface area contributed by atoms with Crippen LogP contribution in [0.3, 0.4) is 0 Å². The van der Waals surface area contributed by atoms with Gasteiger partial charge in [0.05, 0.1) is 12.7 Å². The van der Waals surface area contributed by atoms with Crippen LogP contribution >= 0.6 is 0 Å². The molecule has 2 aromatic carbocycles. The molecule has 8 nitrogen and oxygen atoms in total. The van der Waals surface area contributed by atoms with Crippen LogP contribution in [0.4, 0.5) is 13.2 Å². The summed E-state index contributed by atoms with van der Waals surface area (Å²) in [4.78, 5) is 20.7. The molecule has 0 aliphatic rings. The van der Waals surface area contributed by atoms with Crippen LogP contribution in [0.15, 0.2) is 51.7 Å². The first-order chi connectivity index (χ1) is 16.2. The van der Waals surface area contributed by atoms with Crippen LogP contribution in [-0.2, 0) is 12.7 Å². The van der Waals surface area contributed by atoms with E-state index >= 15 is 0 Å². The molecule has 0 fully saturated rings. The lowest BCUT2D eigenvalue weighted by Crippen LogP contribution is -2.20. The maximum Gasteiger partial charge on any atom is 0.435 e. The molecule has 5 aromatic rings. The van der Waals surface area contributed by atoms with Gasteiger partial charge in [-0.3, -0.25) is 4.79 Å². The summed E-state index contributed by atoms with van der Waals surface area (Å²) in [7, 11) is 1.46. The Bertz CT molecular complexity index is 1560. The molecule has 0 aliphatic carbocycles. The highest BCUT2D eigenvalue weighted by Crippen LogP contribution is 2.39. The van der Waals surface area contributed by atoms with Crippen LogP contribution in [-0.4, -0.2) is 26.7 Å². The molecule has 3 heterocycles. The van der Waals surface area contributed by atoms with Gasteiger partial charge in [0.2, 0.25) is 5.89 Å². The van der Waals surface area contributed by atoms with E-state index < -0.39 is 17.4 Å². The zero-order chi connectivity index (χ0) is 24.2. The van der Waals surface area contributed by atoms with E-state index in [2.05, 4.69) is 15.1 Å². The summed E-state index contributed by atoms with van der Waals surface area (Å²) in [6.45, 7) is 1.71. The third-order valence-electron chi connectivity index (χ3n) is 5.55. The number of benzene rings is 2. The molecule has 0 radical (unpaired) electrons. The van der Waals surface area contributed by atoms with E-state index in [1.807, 2.05) is 0 Å². The molecule has 5 rings (SSSR count). The van der Waals surface area contributed by atoms with E-state index in [1.165, 1.54) is 19.2 Å². The van der Waals surface area contributed by atoms with Gasteiger partial charge in [0, 0.05) is 17.8 Å². The van der Waals surface area contributed by atoms with Crippen LogP contribution in [0.25, 0.3) is 39.3 Å². The minimum Gasteiger partial charge on any atom is -0.494 e. The monoisotopic (exact) mass is 469 g/mol. The Morgan fingerprint density at radius 2 is 1.88 bits per heavy atom. The van der Waals surface area contributed by atoms with Gasteiger partial charge in [-0.1, -0.05) is 36.4 Å². The quantitative estimate of drug-likeness (QED) is 0.406. The highest BCUT2D eigenvalue weighted by Gasteiger charge is 2.39. The van der Waals surface area contributed by atoms with Gasteiger partial charge in [-0.2, -0.15) is 22.8 Å². The van der Waals surface area contributed by atoms with Crippen molar-refractivity contribution < 1.29 is 22.3 Å². The zero-order valence-electron chi connectivity index (χ0n) is 18.0. The highest BCUT2D eigenvalue weighted by atomic mass is 19.4. The van der Waals surface area contributed by atoms with Gasteiger partial charge in [0.1, 0.15) is 17.0 Å². The maximum atomic E-state index is 13.9. The Labute approximate surface area is 189 Å². The normalized spacial score (nSPS) is 12.1. The van der Waals surface area contributed by atoms with E-state index in [-0.39, 0.29) is 40.5 Å². The summed E-state index contributed by atoms with van der Waals surface area (Å²) in [6.07, 6.45) is -4.79. The third kappa shape index (κ3) is 3.24. The van der Waals surface area contributed by atoms with Crippen molar-refractivity contribution in [1.29, 1.82) is 0 Å². The van der Waals surface area contributed by atoms with Gasteiger partial charge in [-0.25, -0.2) is 4.98 Å². The first kappa shape index (κ1) is 21.7. The van der Waals surface area contributed by atoms with Crippen molar-refractivity contribution in [3.05, 3.63) is 69.8 Å². The van der Waals surface area contributed by atoms with E-state index in [4.69, 9.17) is 14.9 Å². The summed E-state index contributed by atoms with van der Waals surface area (Å²) in [5.41, 5.74) is 5.31. The lowest BCUT2D eigenvalue weighted by Gasteiger charge is -2.07. The summed E-state index contributed by atoms with van der Waals surface area (Å²) < 4.78 is 53.5. The predicted octanol–water partition coefficient (Wildman–Crippen LogP) is 4.29. The Morgan fingerprint density at radius 1 is 1.15 bits per heavy atom. The van der Waals surface area contributed by atoms with Gasteiger partial charge < -0.3 is 19.9 Å². The van der Waals surface area contributed by atoms with Crippen LogP contribution in [0.1, 0.15) is 17.0 Å². The standard InChI is InChI=1S/C23H18F3N5O3/c1-11-15(21-29-17-14(33-2)9-8-13(10-27)18(17)34-21)22(32)31-20(28-11)16(12-6-4-3-5-7-12)19(30-31)23(24,25)26/h3-9,28H,10,27H2,1-2H3. The SMILES string of the molecule is COc1ccc(CN)c2oc(-c3c(C)[nH]c4c(-c5ccccc5)c(C(F)(F)F)nn4c3=O)nc12. The second kappa shape index (κ2) is 7.73. The van der Waals surface area contributed by atoms with Crippen molar-refractivity contribution in [2.24, 2.45) is 5.73 Å². The molecule has 0 saturated carbocycles. The van der Waals surface area contributed by atoms with Gasteiger partial charge in [-0.15, -0.1) is 0 Å². The van der Waals surface area contributed by atoms with Crippen molar-refractivity contribution in [1.82, 2.24) is 19.6 Å². The average molecular weight is 469 g/mol. The lowest BCUT2D eigenvalue weighted by molar-refractivity contribution is -0.140. The molecule has 174 valence electrons. The number of methoxy groups -OCH3 is 1. The van der Waals surface area contributed by atoms with E-state index in [1.54, 1.807) is 37.3 Å². The summed E-state index contributed by atoms with van der Waals surface area (Å²) >= 11 is 0. The number of nitrogens with one attached hydrogen (secondary N) is 1. The molecule has 0 saturated heterocycles. The molecule has 3 N–H and O–H groups in total.